The summed E-state index contributed by atoms with van der Waals surface area (Å²) >= 11 is 0. The summed E-state index contributed by atoms with van der Waals surface area (Å²) < 4.78 is 36.7. The highest BCUT2D eigenvalue weighted by Crippen LogP contribution is 2.30. The Labute approximate surface area is 79.5 Å². The number of carbonyl (C=O) groups excluding carboxylic acids is 1. The molecule has 4 heteroatoms. The minimum absolute atomic E-state index is 0.113. The maximum Gasteiger partial charge on any atom is 0.416 e. The predicted molar refractivity (Wildman–Crippen MR) is 46.2 cm³/mol. The van der Waals surface area contributed by atoms with Gasteiger partial charge in [0, 0.05) is 5.56 Å². The molecule has 0 radical (unpaired) electrons. The summed E-state index contributed by atoms with van der Waals surface area (Å²) in [5, 5.41) is 0. The van der Waals surface area contributed by atoms with E-state index in [0.717, 1.165) is 12.1 Å². The molecular weight excluding hydrogens is 193 g/mol. The monoisotopic (exact) mass is 202 g/mol. The van der Waals surface area contributed by atoms with Crippen molar-refractivity contribution in [2.45, 2.75) is 19.5 Å². The maximum absolute atomic E-state index is 12.2. The summed E-state index contributed by atoms with van der Waals surface area (Å²) in [5.74, 6) is 0. The molecule has 1 aromatic carbocycles. The van der Waals surface area contributed by atoms with E-state index < -0.39 is 11.7 Å². The lowest BCUT2D eigenvalue weighted by atomic mass is 10.0. The molecule has 1 rings (SSSR count). The van der Waals surface area contributed by atoms with Crippen LogP contribution in [0.4, 0.5) is 13.2 Å². The lowest BCUT2D eigenvalue weighted by Gasteiger charge is -2.08. The van der Waals surface area contributed by atoms with Gasteiger partial charge in [-0.15, -0.1) is 0 Å². The van der Waals surface area contributed by atoms with Crippen LogP contribution in [-0.4, -0.2) is 6.29 Å². The molecule has 1 aromatic rings. The molecule has 0 saturated carbocycles. The summed E-state index contributed by atoms with van der Waals surface area (Å²) in [6.45, 7) is 1.79. The molecule has 76 valence electrons. The normalized spacial score (nSPS) is 11.4. The van der Waals surface area contributed by atoms with Crippen LogP contribution in [0.15, 0.2) is 18.2 Å². The van der Waals surface area contributed by atoms with Crippen molar-refractivity contribution >= 4 is 6.29 Å². The van der Waals surface area contributed by atoms with E-state index in [0.29, 0.717) is 18.3 Å². The highest BCUT2D eigenvalue weighted by molar-refractivity contribution is 5.77. The third kappa shape index (κ3) is 2.13. The molecule has 14 heavy (non-hydrogen) atoms. The summed E-state index contributed by atoms with van der Waals surface area (Å²) in [4.78, 5) is 10.5. The second-order valence-corrected chi connectivity index (χ2v) is 2.88. The average molecular weight is 202 g/mol. The Morgan fingerprint density at radius 2 is 2.00 bits per heavy atom. The number of aryl methyl sites for hydroxylation is 1. The standard InChI is InChI=1S/C10H9F3O/c1-2-7-3-4-9(10(11,12)13)5-8(7)6-14/h3-6H,2H2,1H3. The van der Waals surface area contributed by atoms with Crippen LogP contribution in [-0.2, 0) is 12.6 Å². The summed E-state index contributed by atoms with van der Waals surface area (Å²) in [5.41, 5.74) is -0.0351. The molecule has 0 saturated heterocycles. The first-order valence-electron chi connectivity index (χ1n) is 4.14. The fourth-order valence-corrected chi connectivity index (χ4v) is 1.20. The molecule has 1 nitrogen and oxygen atoms in total. The molecule has 0 aromatic heterocycles. The molecule has 0 aliphatic heterocycles. The van der Waals surface area contributed by atoms with E-state index in [2.05, 4.69) is 0 Å². The number of benzene rings is 1. The summed E-state index contributed by atoms with van der Waals surface area (Å²) in [6, 6.07) is 3.21. The van der Waals surface area contributed by atoms with Crippen LogP contribution in [0.25, 0.3) is 0 Å². The molecule has 0 aliphatic rings. The number of hydrogen-bond donors (Lipinski definition) is 0. The van der Waals surface area contributed by atoms with Crippen molar-refractivity contribution in [2.24, 2.45) is 0 Å². The molecule has 0 unspecified atom stereocenters. The van der Waals surface area contributed by atoms with Gasteiger partial charge in [0.25, 0.3) is 0 Å². The number of rotatable bonds is 2. The van der Waals surface area contributed by atoms with Gasteiger partial charge >= 0.3 is 6.18 Å². The van der Waals surface area contributed by atoms with Crippen LogP contribution in [0.3, 0.4) is 0 Å². The molecule has 0 spiro atoms. The van der Waals surface area contributed by atoms with Gasteiger partial charge in [0.2, 0.25) is 0 Å². The molecule has 0 heterocycles. The second-order valence-electron chi connectivity index (χ2n) is 2.88. The van der Waals surface area contributed by atoms with E-state index in [9.17, 15) is 18.0 Å². The summed E-state index contributed by atoms with van der Waals surface area (Å²) in [7, 11) is 0. The van der Waals surface area contributed by atoms with Crippen molar-refractivity contribution in [3.63, 3.8) is 0 Å². The van der Waals surface area contributed by atoms with Crippen LogP contribution in [0, 0.1) is 0 Å². The van der Waals surface area contributed by atoms with E-state index in [1.165, 1.54) is 6.07 Å². The van der Waals surface area contributed by atoms with Crippen molar-refractivity contribution in [1.29, 1.82) is 0 Å². The molecule has 0 N–H and O–H groups in total. The van der Waals surface area contributed by atoms with Gasteiger partial charge in [-0.05, 0) is 24.1 Å². The van der Waals surface area contributed by atoms with Crippen LogP contribution >= 0.6 is 0 Å². The van der Waals surface area contributed by atoms with Gasteiger partial charge in [0.1, 0.15) is 6.29 Å². The average Bonchev–Trinajstić information content (AvgIpc) is 2.15. The molecular formula is C10H9F3O. The zero-order chi connectivity index (χ0) is 10.8. The van der Waals surface area contributed by atoms with Gasteiger partial charge < -0.3 is 0 Å². The first-order valence-corrected chi connectivity index (χ1v) is 4.14. The number of alkyl halides is 3. The third-order valence-corrected chi connectivity index (χ3v) is 1.98. The van der Waals surface area contributed by atoms with Crippen molar-refractivity contribution in [2.75, 3.05) is 0 Å². The zero-order valence-electron chi connectivity index (χ0n) is 7.56. The Morgan fingerprint density at radius 3 is 2.43 bits per heavy atom. The van der Waals surface area contributed by atoms with E-state index in [1.54, 1.807) is 6.92 Å². The SMILES string of the molecule is CCc1ccc(C(F)(F)F)cc1C=O. The minimum atomic E-state index is -4.38. The van der Waals surface area contributed by atoms with Gasteiger partial charge in [-0.3, -0.25) is 4.79 Å². The fraction of sp³-hybridized carbons (Fsp3) is 0.300. The van der Waals surface area contributed by atoms with Gasteiger partial charge in [-0.25, -0.2) is 0 Å². The zero-order valence-corrected chi connectivity index (χ0v) is 7.56. The third-order valence-electron chi connectivity index (χ3n) is 1.98. The van der Waals surface area contributed by atoms with Crippen LogP contribution < -0.4 is 0 Å². The number of halogens is 3. The van der Waals surface area contributed by atoms with Crippen LogP contribution in [0.5, 0.6) is 0 Å². The number of carbonyl (C=O) groups is 1. The number of aldehydes is 1. The maximum atomic E-state index is 12.2. The smallest absolute Gasteiger partial charge is 0.298 e. The molecule has 0 fully saturated rings. The molecule has 0 aliphatic carbocycles. The molecule has 0 bridgehead atoms. The van der Waals surface area contributed by atoms with Gasteiger partial charge in [0.15, 0.2) is 0 Å². The fourth-order valence-electron chi connectivity index (χ4n) is 1.20. The number of hydrogen-bond acceptors (Lipinski definition) is 1. The minimum Gasteiger partial charge on any atom is -0.298 e. The van der Waals surface area contributed by atoms with Crippen molar-refractivity contribution in [3.8, 4) is 0 Å². The Balaban J connectivity index is 3.21. The summed E-state index contributed by atoms with van der Waals surface area (Å²) in [6.07, 6.45) is -3.38. The predicted octanol–water partition coefficient (Wildman–Crippen LogP) is 3.08. The quantitative estimate of drug-likeness (QED) is 0.673. The van der Waals surface area contributed by atoms with Crippen LogP contribution in [0.2, 0.25) is 0 Å². The topological polar surface area (TPSA) is 17.1 Å². The Bertz CT molecular complexity index is 342. The van der Waals surface area contributed by atoms with E-state index in [4.69, 9.17) is 0 Å². The second kappa shape index (κ2) is 3.82. The Kier molecular flexibility index (Phi) is 2.93. The first kappa shape index (κ1) is 10.8. The van der Waals surface area contributed by atoms with Gasteiger partial charge in [-0.1, -0.05) is 13.0 Å². The molecule has 0 atom stereocenters. The van der Waals surface area contributed by atoms with Crippen molar-refractivity contribution in [3.05, 3.63) is 34.9 Å². The van der Waals surface area contributed by atoms with E-state index >= 15 is 0 Å². The highest BCUT2D eigenvalue weighted by atomic mass is 19.4. The highest BCUT2D eigenvalue weighted by Gasteiger charge is 2.30. The lowest BCUT2D eigenvalue weighted by Crippen LogP contribution is -2.06. The lowest BCUT2D eigenvalue weighted by molar-refractivity contribution is -0.137. The van der Waals surface area contributed by atoms with E-state index in [-0.39, 0.29) is 5.56 Å². The van der Waals surface area contributed by atoms with Crippen molar-refractivity contribution in [1.82, 2.24) is 0 Å². The Hall–Kier alpha value is -1.32. The van der Waals surface area contributed by atoms with Gasteiger partial charge in [0.05, 0.1) is 5.56 Å². The first-order chi connectivity index (χ1) is 6.49. The van der Waals surface area contributed by atoms with E-state index in [1.807, 2.05) is 0 Å². The largest absolute Gasteiger partial charge is 0.416 e. The Morgan fingerprint density at radius 1 is 1.36 bits per heavy atom. The van der Waals surface area contributed by atoms with Crippen molar-refractivity contribution < 1.29 is 18.0 Å². The van der Waals surface area contributed by atoms with Crippen LogP contribution in [0.1, 0.15) is 28.4 Å². The van der Waals surface area contributed by atoms with Gasteiger partial charge in [-0.2, -0.15) is 13.2 Å². The molecule has 0 amide bonds.